The van der Waals surface area contributed by atoms with Crippen molar-refractivity contribution >= 4 is 58.0 Å². The second-order valence-corrected chi connectivity index (χ2v) is 10.3. The van der Waals surface area contributed by atoms with Crippen LogP contribution in [0.3, 0.4) is 0 Å². The Bertz CT molecular complexity index is 1720. The molecule has 12 heteroatoms. The van der Waals surface area contributed by atoms with E-state index in [4.69, 9.17) is 32.8 Å². The number of imide groups is 1. The third-order valence-electron chi connectivity index (χ3n) is 7.03. The number of ether oxygens (including phenoxy) is 1. The first-order chi connectivity index (χ1) is 20.2. The molecule has 0 bridgehead atoms. The third kappa shape index (κ3) is 4.85. The number of carbonyl (C=O) groups is 3. The number of hydroxylamine groups is 1. The normalized spacial score (nSPS) is 19.6. The van der Waals surface area contributed by atoms with Crippen LogP contribution in [0.5, 0.6) is 5.75 Å². The molecule has 2 aliphatic heterocycles. The van der Waals surface area contributed by atoms with E-state index in [-0.39, 0.29) is 27.2 Å². The van der Waals surface area contributed by atoms with Crippen molar-refractivity contribution in [3.63, 3.8) is 0 Å². The molecule has 0 aromatic heterocycles. The summed E-state index contributed by atoms with van der Waals surface area (Å²) in [6.07, 6.45) is -1.18. The van der Waals surface area contributed by atoms with E-state index >= 15 is 0 Å². The zero-order valence-electron chi connectivity index (χ0n) is 21.4. The van der Waals surface area contributed by atoms with E-state index in [2.05, 4.69) is 0 Å². The molecule has 0 radical (unpaired) electrons. The number of amides is 2. The van der Waals surface area contributed by atoms with Gasteiger partial charge in [-0.1, -0.05) is 53.5 Å². The number of nitro benzene ring substituents is 1. The van der Waals surface area contributed by atoms with Crippen molar-refractivity contribution < 1.29 is 28.9 Å². The van der Waals surface area contributed by atoms with E-state index in [9.17, 15) is 24.5 Å². The number of anilines is 2. The molecule has 0 spiro atoms. The summed E-state index contributed by atoms with van der Waals surface area (Å²) in [6.45, 7) is 0. The first-order valence-electron chi connectivity index (χ1n) is 12.6. The molecule has 4 aromatic rings. The van der Waals surface area contributed by atoms with Crippen LogP contribution in [0.1, 0.15) is 22.0 Å². The van der Waals surface area contributed by atoms with Crippen LogP contribution in [0, 0.1) is 16.0 Å². The molecule has 2 amide bonds. The maximum absolute atomic E-state index is 13.8. The smallest absolute Gasteiger partial charge is 0.343 e. The zero-order valence-corrected chi connectivity index (χ0v) is 22.9. The van der Waals surface area contributed by atoms with Crippen LogP contribution in [0.25, 0.3) is 0 Å². The quantitative estimate of drug-likeness (QED) is 0.0843. The standard InChI is InChI=1S/C30H19Cl2N3O7/c31-23-15-12-21(16-24(23)32)33-28(36)25-26(17-6-13-22(14-7-17)41-30(38)18-4-2-1-3-5-18)34(42-27(25)29(33)37)19-8-10-20(11-9-19)35(39)40/h1-16,25-27H/t25-,26+,27-/m0/s1. The zero-order chi connectivity index (χ0) is 29.5. The molecular weight excluding hydrogens is 585 g/mol. The lowest BCUT2D eigenvalue weighted by Gasteiger charge is -2.28. The van der Waals surface area contributed by atoms with Gasteiger partial charge in [0.25, 0.3) is 11.6 Å². The molecule has 4 aromatic carbocycles. The van der Waals surface area contributed by atoms with Crippen LogP contribution in [-0.4, -0.2) is 28.8 Å². The van der Waals surface area contributed by atoms with Gasteiger partial charge in [0.1, 0.15) is 11.7 Å². The number of non-ortho nitro benzene ring substituents is 1. The lowest BCUT2D eigenvalue weighted by molar-refractivity contribution is -0.384. The number of carbonyl (C=O) groups excluding carboxylic acids is 3. The maximum atomic E-state index is 13.8. The van der Waals surface area contributed by atoms with Gasteiger partial charge < -0.3 is 4.74 Å². The molecule has 2 heterocycles. The molecule has 2 fully saturated rings. The number of halogens is 2. The largest absolute Gasteiger partial charge is 0.423 e. The lowest BCUT2D eigenvalue weighted by atomic mass is 9.90. The van der Waals surface area contributed by atoms with E-state index in [1.165, 1.54) is 47.5 Å². The van der Waals surface area contributed by atoms with Gasteiger partial charge in [-0.3, -0.25) is 24.5 Å². The Balaban J connectivity index is 1.35. The molecule has 10 nitrogen and oxygen atoms in total. The van der Waals surface area contributed by atoms with Gasteiger partial charge in [-0.25, -0.2) is 14.8 Å². The first kappa shape index (κ1) is 27.4. The Morgan fingerprint density at radius 2 is 1.50 bits per heavy atom. The van der Waals surface area contributed by atoms with E-state index in [0.29, 0.717) is 16.8 Å². The molecule has 2 aliphatic rings. The van der Waals surface area contributed by atoms with Crippen molar-refractivity contribution in [2.75, 3.05) is 9.96 Å². The molecule has 0 aliphatic carbocycles. The van der Waals surface area contributed by atoms with E-state index in [1.807, 2.05) is 0 Å². The fraction of sp³-hybridized carbons (Fsp3) is 0.100. The summed E-state index contributed by atoms with van der Waals surface area (Å²) in [4.78, 5) is 57.6. The molecule has 0 unspecified atom stereocenters. The van der Waals surface area contributed by atoms with Crippen LogP contribution >= 0.6 is 23.2 Å². The summed E-state index contributed by atoms with van der Waals surface area (Å²) in [7, 11) is 0. The topological polar surface area (TPSA) is 119 Å². The highest BCUT2D eigenvalue weighted by Crippen LogP contribution is 2.48. The number of rotatable bonds is 6. The Kier molecular flexibility index (Phi) is 7.11. The van der Waals surface area contributed by atoms with Gasteiger partial charge in [-0.05, 0) is 60.2 Å². The number of benzene rings is 4. The monoisotopic (exact) mass is 603 g/mol. The maximum Gasteiger partial charge on any atom is 0.343 e. The van der Waals surface area contributed by atoms with Gasteiger partial charge in [0.15, 0.2) is 6.10 Å². The van der Waals surface area contributed by atoms with Crippen molar-refractivity contribution in [3.8, 4) is 5.75 Å². The predicted molar refractivity (Wildman–Crippen MR) is 153 cm³/mol. The molecule has 210 valence electrons. The van der Waals surface area contributed by atoms with Crippen LogP contribution in [0.15, 0.2) is 97.1 Å². The first-order valence-corrected chi connectivity index (χ1v) is 13.4. The van der Waals surface area contributed by atoms with Crippen molar-refractivity contribution in [1.82, 2.24) is 0 Å². The molecule has 6 rings (SSSR count). The second-order valence-electron chi connectivity index (χ2n) is 9.53. The minimum atomic E-state index is -1.18. The second kappa shape index (κ2) is 10.9. The van der Waals surface area contributed by atoms with Gasteiger partial charge >= 0.3 is 5.97 Å². The predicted octanol–water partition coefficient (Wildman–Crippen LogP) is 6.17. The number of nitro groups is 1. The van der Waals surface area contributed by atoms with Crippen LogP contribution in [-0.2, 0) is 14.4 Å². The van der Waals surface area contributed by atoms with Crippen molar-refractivity contribution in [2.45, 2.75) is 12.1 Å². The van der Waals surface area contributed by atoms with E-state index < -0.39 is 40.8 Å². The van der Waals surface area contributed by atoms with E-state index in [0.717, 1.165) is 4.90 Å². The summed E-state index contributed by atoms with van der Waals surface area (Å²) in [6, 6.07) is 24.2. The minimum absolute atomic E-state index is 0.128. The Morgan fingerprint density at radius 1 is 0.833 bits per heavy atom. The minimum Gasteiger partial charge on any atom is -0.423 e. The summed E-state index contributed by atoms with van der Waals surface area (Å²) in [5.74, 6) is -2.34. The number of esters is 1. The molecule has 2 saturated heterocycles. The molecule has 0 N–H and O–H groups in total. The highest BCUT2D eigenvalue weighted by molar-refractivity contribution is 6.42. The summed E-state index contributed by atoms with van der Waals surface area (Å²) in [5, 5.41) is 13.0. The highest BCUT2D eigenvalue weighted by Gasteiger charge is 2.60. The van der Waals surface area contributed by atoms with Gasteiger partial charge in [0.2, 0.25) is 5.91 Å². The van der Waals surface area contributed by atoms with Crippen LogP contribution < -0.4 is 14.7 Å². The fourth-order valence-electron chi connectivity index (χ4n) is 5.05. The molecule has 0 saturated carbocycles. The third-order valence-corrected chi connectivity index (χ3v) is 7.77. The summed E-state index contributed by atoms with van der Waals surface area (Å²) >= 11 is 12.2. The van der Waals surface area contributed by atoms with Gasteiger partial charge in [-0.15, -0.1) is 0 Å². The lowest BCUT2D eigenvalue weighted by Crippen LogP contribution is -2.37. The fourth-order valence-corrected chi connectivity index (χ4v) is 5.34. The highest BCUT2D eigenvalue weighted by atomic mass is 35.5. The van der Waals surface area contributed by atoms with Crippen molar-refractivity contribution in [2.24, 2.45) is 5.92 Å². The average molecular weight is 604 g/mol. The van der Waals surface area contributed by atoms with E-state index in [1.54, 1.807) is 54.6 Å². The molecule has 42 heavy (non-hydrogen) atoms. The van der Waals surface area contributed by atoms with Crippen LogP contribution in [0.4, 0.5) is 17.1 Å². The summed E-state index contributed by atoms with van der Waals surface area (Å²) < 4.78 is 5.49. The molecular formula is C30H19Cl2N3O7. The van der Waals surface area contributed by atoms with Crippen LogP contribution in [0.2, 0.25) is 10.0 Å². The Labute approximate surface area is 248 Å². The molecule has 3 atom stereocenters. The van der Waals surface area contributed by atoms with Crippen molar-refractivity contribution in [3.05, 3.63) is 128 Å². The van der Waals surface area contributed by atoms with Gasteiger partial charge in [0, 0.05) is 12.1 Å². The Morgan fingerprint density at radius 3 is 2.14 bits per heavy atom. The average Bonchev–Trinajstić information content (AvgIpc) is 3.51. The number of hydrogen-bond donors (Lipinski definition) is 0. The Hall–Kier alpha value is -4.77. The summed E-state index contributed by atoms with van der Waals surface area (Å²) in [5.41, 5.74) is 1.49. The number of fused-ring (bicyclic) bond motifs is 1. The van der Waals surface area contributed by atoms with Crippen molar-refractivity contribution in [1.29, 1.82) is 0 Å². The number of hydrogen-bond acceptors (Lipinski definition) is 8. The number of nitrogens with zero attached hydrogens (tertiary/aromatic N) is 3. The SMILES string of the molecule is O=C(Oc1ccc([C@@H]2[C@@H]3C(=O)N(c4ccc(Cl)c(Cl)c4)C(=O)[C@H]3ON2c2ccc([N+](=O)[O-])cc2)cc1)c1ccccc1. The van der Waals surface area contributed by atoms with Gasteiger partial charge in [-0.2, -0.15) is 0 Å². The van der Waals surface area contributed by atoms with Gasteiger partial charge in [0.05, 0.1) is 37.9 Å².